The van der Waals surface area contributed by atoms with Crippen LogP contribution in [0.25, 0.3) is 11.2 Å². The molecular formula is C41H60N18O11. The van der Waals surface area contributed by atoms with E-state index in [1.54, 1.807) is 0 Å². The van der Waals surface area contributed by atoms with E-state index in [9.17, 15) is 52.7 Å². The fourth-order valence-electron chi connectivity index (χ4n) is 6.73. The molecule has 4 heterocycles. The van der Waals surface area contributed by atoms with Gasteiger partial charge in [-0.05, 0) is 32.7 Å². The second-order valence-electron chi connectivity index (χ2n) is 16.3. The highest BCUT2D eigenvalue weighted by molar-refractivity contribution is 5.90. The molecule has 0 aromatic carbocycles. The molecule has 380 valence electrons. The van der Waals surface area contributed by atoms with Gasteiger partial charge in [0, 0.05) is 69.3 Å². The molecule has 0 saturated carbocycles. The minimum atomic E-state index is -1.05. The number of amides is 7. The summed E-state index contributed by atoms with van der Waals surface area (Å²) in [5.74, 6) is -4.89. The van der Waals surface area contributed by atoms with Crippen molar-refractivity contribution in [3.05, 3.63) is 78.4 Å². The lowest BCUT2D eigenvalue weighted by Crippen LogP contribution is -2.51. The zero-order chi connectivity index (χ0) is 51.5. The van der Waals surface area contributed by atoms with Gasteiger partial charge in [-0.3, -0.25) is 62.3 Å². The number of fused-ring (bicyclic) bond motifs is 1. The largest absolute Gasteiger partial charge is 0.382 e. The van der Waals surface area contributed by atoms with E-state index < -0.39 is 103 Å². The van der Waals surface area contributed by atoms with Gasteiger partial charge in [-0.25, -0.2) is 24.5 Å². The predicted octanol–water partition coefficient (Wildman–Crippen LogP) is -6.37. The second kappa shape index (κ2) is 26.5. The molecule has 0 spiro atoms. The van der Waals surface area contributed by atoms with E-state index in [-0.39, 0.29) is 80.8 Å². The number of primary amides is 1. The summed E-state index contributed by atoms with van der Waals surface area (Å²) in [7, 11) is 0. The molecule has 1 unspecified atom stereocenters. The van der Waals surface area contributed by atoms with Crippen LogP contribution in [-0.4, -0.2) is 172 Å². The monoisotopic (exact) mass is 980 g/mol. The van der Waals surface area contributed by atoms with Gasteiger partial charge in [-0.15, -0.1) is 0 Å². The maximum atomic E-state index is 13.8. The molecule has 12 N–H and O–H groups in total. The van der Waals surface area contributed by atoms with Gasteiger partial charge in [-0.2, -0.15) is 0 Å². The van der Waals surface area contributed by atoms with Crippen molar-refractivity contribution in [3.8, 4) is 0 Å². The van der Waals surface area contributed by atoms with Crippen LogP contribution in [0, 0.1) is 6.92 Å². The quantitative estimate of drug-likeness (QED) is 0.0239. The van der Waals surface area contributed by atoms with Crippen molar-refractivity contribution in [3.63, 3.8) is 0 Å². The number of nitrogens with one attached hydrogen (secondary N) is 6. The highest BCUT2D eigenvalue weighted by Crippen LogP contribution is 2.14. The van der Waals surface area contributed by atoms with Gasteiger partial charge in [0.05, 0.1) is 26.0 Å². The Morgan fingerprint density at radius 3 is 1.86 bits per heavy atom. The number of rotatable bonds is 28. The number of nitrogen functional groups attached to an aromatic ring is 1. The standard InChI is InChI=1S/C41H60N18O11/c1-25(2)45-9-13-54(33(65)21-58-16-26(3)39(68)53-41(58)70)17-29(61)46-10-14-55(32(64)20-57-12-7-28(60)52-40(57)69)18-30(62)47-11-15-56(19-31(63)51-27(37(44)67)6-4-5-8-42)34(66)22-59-24-50-35-36(43)48-23-49-38(35)59/h7,12,16,23-25,27,45H,4-6,8-11,13-15,17-22,42H2,1-3H3,(H2,44,67)(H,46,61)(H,47,62)(H,51,63)(H2,43,48,49)(H,52,60,69)(H,53,68,70). The van der Waals surface area contributed by atoms with E-state index in [2.05, 4.69) is 41.2 Å². The van der Waals surface area contributed by atoms with Gasteiger partial charge in [-0.1, -0.05) is 13.8 Å². The van der Waals surface area contributed by atoms with Gasteiger partial charge >= 0.3 is 11.4 Å². The Bertz CT molecular complexity index is 2740. The first-order valence-corrected chi connectivity index (χ1v) is 22.2. The van der Waals surface area contributed by atoms with Crippen LogP contribution in [-0.2, 0) is 53.2 Å². The summed E-state index contributed by atoms with van der Waals surface area (Å²) >= 11 is 0. The minimum Gasteiger partial charge on any atom is -0.382 e. The normalized spacial score (nSPS) is 11.5. The Morgan fingerprint density at radius 2 is 1.29 bits per heavy atom. The number of hydrogen-bond donors (Lipinski definition) is 9. The van der Waals surface area contributed by atoms with Crippen LogP contribution in [0.3, 0.4) is 0 Å². The number of aromatic nitrogens is 8. The summed E-state index contributed by atoms with van der Waals surface area (Å²) < 4.78 is 3.29. The molecule has 0 aliphatic carbocycles. The topological polar surface area (TPSA) is 409 Å². The third-order valence-corrected chi connectivity index (χ3v) is 10.5. The molecule has 0 bridgehead atoms. The molecule has 4 rings (SSSR count). The Morgan fingerprint density at radius 1 is 0.729 bits per heavy atom. The van der Waals surface area contributed by atoms with Crippen LogP contribution in [0.5, 0.6) is 0 Å². The predicted molar refractivity (Wildman–Crippen MR) is 250 cm³/mol. The summed E-state index contributed by atoms with van der Waals surface area (Å²) in [5, 5.41) is 10.9. The van der Waals surface area contributed by atoms with Crippen molar-refractivity contribution < 1.29 is 33.6 Å². The highest BCUT2D eigenvalue weighted by Gasteiger charge is 2.25. The number of aromatic amines is 2. The molecule has 29 nitrogen and oxygen atoms in total. The summed E-state index contributed by atoms with van der Waals surface area (Å²) in [6.45, 7) is 1.71. The van der Waals surface area contributed by atoms with E-state index in [1.807, 2.05) is 18.8 Å². The van der Waals surface area contributed by atoms with Crippen molar-refractivity contribution in [2.45, 2.75) is 71.8 Å². The fourth-order valence-corrected chi connectivity index (χ4v) is 6.73. The molecule has 0 radical (unpaired) electrons. The first-order chi connectivity index (χ1) is 33.3. The van der Waals surface area contributed by atoms with Crippen molar-refractivity contribution in [2.75, 3.05) is 71.2 Å². The number of hydrogen-bond acceptors (Lipinski definition) is 17. The third kappa shape index (κ3) is 16.9. The van der Waals surface area contributed by atoms with Gasteiger partial charge in [0.15, 0.2) is 11.5 Å². The Hall–Kier alpha value is -8.08. The smallest absolute Gasteiger partial charge is 0.328 e. The van der Waals surface area contributed by atoms with E-state index in [4.69, 9.17) is 17.2 Å². The Kier molecular flexibility index (Phi) is 20.6. The van der Waals surface area contributed by atoms with Crippen LogP contribution in [0.2, 0.25) is 0 Å². The molecule has 7 amide bonds. The number of imidazole rings is 1. The molecule has 0 saturated heterocycles. The van der Waals surface area contributed by atoms with E-state index in [0.717, 1.165) is 31.2 Å². The lowest BCUT2D eigenvalue weighted by Gasteiger charge is -2.26. The number of nitrogens with two attached hydrogens (primary N) is 3. The Labute approximate surface area is 398 Å². The Balaban J connectivity index is 1.46. The fraction of sp³-hybridized carbons (Fsp3) is 0.512. The summed E-state index contributed by atoms with van der Waals surface area (Å²) in [6, 6.07) is 0.0132. The average molecular weight is 981 g/mol. The molecule has 0 aliphatic rings. The maximum absolute atomic E-state index is 13.8. The molecule has 4 aromatic heterocycles. The molecule has 29 heteroatoms. The zero-order valence-electron chi connectivity index (χ0n) is 39.1. The lowest BCUT2D eigenvalue weighted by molar-refractivity contribution is -0.138. The van der Waals surface area contributed by atoms with Crippen LogP contribution in [0.1, 0.15) is 38.7 Å². The lowest BCUT2D eigenvalue weighted by atomic mass is 10.1. The first kappa shape index (κ1) is 54.5. The summed E-state index contributed by atoms with van der Waals surface area (Å²) in [4.78, 5) is 161. The summed E-state index contributed by atoms with van der Waals surface area (Å²) in [5.41, 5.74) is 14.6. The molecule has 4 aromatic rings. The third-order valence-electron chi connectivity index (χ3n) is 10.5. The van der Waals surface area contributed by atoms with Crippen LogP contribution in [0.15, 0.2) is 50.3 Å². The molecule has 70 heavy (non-hydrogen) atoms. The van der Waals surface area contributed by atoms with E-state index in [1.165, 1.54) is 35.2 Å². The van der Waals surface area contributed by atoms with Crippen LogP contribution >= 0.6 is 0 Å². The average Bonchev–Trinajstić information content (AvgIpc) is 3.70. The second-order valence-corrected chi connectivity index (χ2v) is 16.3. The molecular weight excluding hydrogens is 921 g/mol. The van der Waals surface area contributed by atoms with Crippen LogP contribution in [0.4, 0.5) is 5.82 Å². The van der Waals surface area contributed by atoms with Gasteiger partial charge in [0.25, 0.3) is 11.1 Å². The van der Waals surface area contributed by atoms with Crippen molar-refractivity contribution in [1.29, 1.82) is 0 Å². The van der Waals surface area contributed by atoms with Crippen molar-refractivity contribution in [2.24, 2.45) is 11.5 Å². The number of carbonyl (C=O) groups is 7. The zero-order valence-corrected chi connectivity index (χ0v) is 39.1. The van der Waals surface area contributed by atoms with Crippen molar-refractivity contribution >= 4 is 58.3 Å². The molecule has 1 atom stereocenters. The van der Waals surface area contributed by atoms with Gasteiger partial charge in [0.2, 0.25) is 41.4 Å². The highest BCUT2D eigenvalue weighted by atomic mass is 16.2. The maximum Gasteiger partial charge on any atom is 0.328 e. The minimum absolute atomic E-state index is 0.0424. The van der Waals surface area contributed by atoms with E-state index in [0.29, 0.717) is 19.4 Å². The number of nitrogens with zero attached hydrogens (tertiary/aromatic N) is 9. The van der Waals surface area contributed by atoms with Gasteiger partial charge in [0.1, 0.15) is 37.5 Å². The van der Waals surface area contributed by atoms with Gasteiger partial charge < -0.3 is 57.7 Å². The molecule has 0 aliphatic heterocycles. The summed E-state index contributed by atoms with van der Waals surface area (Å²) in [6.07, 6.45) is 6.09. The number of unbranched alkanes of at least 4 members (excludes halogenated alkanes) is 1. The van der Waals surface area contributed by atoms with E-state index >= 15 is 0 Å². The number of carbonyl (C=O) groups excluding carboxylic acids is 7. The number of H-pyrrole nitrogens is 2. The van der Waals surface area contributed by atoms with Crippen molar-refractivity contribution in [1.82, 2.24) is 74.6 Å². The number of aryl methyl sites for hydroxylation is 1. The van der Waals surface area contributed by atoms with Crippen LogP contribution < -0.4 is 61.0 Å². The number of anilines is 1. The first-order valence-electron chi connectivity index (χ1n) is 22.2. The molecule has 0 fully saturated rings. The SMILES string of the molecule is Cc1cn(CC(=O)N(CCNC(C)C)CC(=O)NCCN(CC(=O)NCCN(CC(=O)NC(CCCCN)C(N)=O)C(=O)Cn2cnc3c(N)ncnc32)C(=O)Cn2ccc(=O)[nH]c2=O)c(=O)[nH]c1=O.